The molecular weight excluding hydrogens is 451 g/mol. The number of nitrogens with zero attached hydrogens (tertiary/aromatic N) is 5. The molecule has 4 aromatic rings. The van der Waals surface area contributed by atoms with Crippen LogP contribution in [0, 0.1) is 5.82 Å². The number of amides is 1. The summed E-state index contributed by atoms with van der Waals surface area (Å²) >= 11 is 0. The van der Waals surface area contributed by atoms with Crippen LogP contribution in [0.4, 0.5) is 4.39 Å². The molecule has 182 valence electrons. The fourth-order valence-corrected chi connectivity index (χ4v) is 3.54. The lowest BCUT2D eigenvalue weighted by molar-refractivity contribution is -0.145. The molecule has 1 N–H and O–H groups in total. The molecule has 0 spiro atoms. The Bertz CT molecular complexity index is 1230. The highest BCUT2D eigenvalue weighted by atomic mass is 19.1. The Morgan fingerprint density at radius 1 is 1.03 bits per heavy atom. The number of rotatable bonds is 11. The number of para-hydroxylation sites is 1. The van der Waals surface area contributed by atoms with Crippen molar-refractivity contribution in [1.82, 2.24) is 30.1 Å². The number of carbonyl (C=O) groups excluding carboxylic acids is 1. The molecule has 0 atom stereocenters. The first-order valence-corrected chi connectivity index (χ1v) is 11.4. The molecule has 0 saturated carbocycles. The van der Waals surface area contributed by atoms with Crippen LogP contribution in [0.1, 0.15) is 29.9 Å². The Kier molecular flexibility index (Phi) is 7.96. The van der Waals surface area contributed by atoms with E-state index in [2.05, 4.69) is 20.7 Å². The van der Waals surface area contributed by atoms with Gasteiger partial charge in [0, 0.05) is 37.1 Å². The lowest BCUT2D eigenvalue weighted by Gasteiger charge is -2.16. The smallest absolute Gasteiger partial charge is 0.273 e. The van der Waals surface area contributed by atoms with Crippen molar-refractivity contribution >= 4 is 5.91 Å². The first kappa shape index (κ1) is 24.2. The van der Waals surface area contributed by atoms with Crippen molar-refractivity contribution in [2.75, 3.05) is 13.2 Å². The molecule has 0 saturated heterocycles. The van der Waals surface area contributed by atoms with Crippen LogP contribution in [0.15, 0.2) is 67.0 Å². The topological polar surface area (TPSA) is 96.1 Å². The van der Waals surface area contributed by atoms with E-state index in [0.29, 0.717) is 25.5 Å². The van der Waals surface area contributed by atoms with E-state index in [1.54, 1.807) is 23.0 Å². The van der Waals surface area contributed by atoms with Crippen molar-refractivity contribution in [2.24, 2.45) is 0 Å². The first-order valence-electron chi connectivity index (χ1n) is 11.4. The highest BCUT2D eigenvalue weighted by Crippen LogP contribution is 2.24. The monoisotopic (exact) mass is 478 g/mol. The fraction of sp³-hybridized carbons (Fsp3) is 0.280. The number of carbonyl (C=O) groups is 1. The maximum atomic E-state index is 13.5. The molecule has 0 radical (unpaired) electrons. The summed E-state index contributed by atoms with van der Waals surface area (Å²) in [6, 6.07) is 15.7. The van der Waals surface area contributed by atoms with Crippen LogP contribution in [0.2, 0.25) is 0 Å². The summed E-state index contributed by atoms with van der Waals surface area (Å²) < 4.78 is 27.8. The Balaban J connectivity index is 1.50. The Labute approximate surface area is 202 Å². The van der Waals surface area contributed by atoms with Crippen molar-refractivity contribution in [3.8, 4) is 16.9 Å². The number of benzene rings is 2. The van der Waals surface area contributed by atoms with Gasteiger partial charge in [0.1, 0.15) is 5.82 Å². The third-order valence-electron chi connectivity index (χ3n) is 5.18. The summed E-state index contributed by atoms with van der Waals surface area (Å²) in [6.07, 6.45) is 2.93. The molecule has 0 bridgehead atoms. The zero-order valence-electron chi connectivity index (χ0n) is 19.6. The molecule has 35 heavy (non-hydrogen) atoms. The molecule has 2 aromatic carbocycles. The second-order valence-electron chi connectivity index (χ2n) is 7.64. The van der Waals surface area contributed by atoms with Gasteiger partial charge in [-0.3, -0.25) is 4.79 Å². The summed E-state index contributed by atoms with van der Waals surface area (Å²) in [6.45, 7) is 5.28. The number of hydrogen-bond donors (Lipinski definition) is 1. The number of hydrogen-bond acceptors (Lipinski definition) is 6. The Hall–Kier alpha value is -3.89. The van der Waals surface area contributed by atoms with Crippen molar-refractivity contribution < 1.29 is 18.7 Å². The van der Waals surface area contributed by atoms with Gasteiger partial charge in [-0.15, -0.1) is 5.10 Å². The molecular formula is C25H27FN6O3. The van der Waals surface area contributed by atoms with Crippen molar-refractivity contribution in [3.05, 3.63) is 84.1 Å². The molecule has 0 aliphatic carbocycles. The Morgan fingerprint density at radius 2 is 1.74 bits per heavy atom. The van der Waals surface area contributed by atoms with E-state index in [-0.39, 0.29) is 24.0 Å². The van der Waals surface area contributed by atoms with Gasteiger partial charge < -0.3 is 14.8 Å². The lowest BCUT2D eigenvalue weighted by atomic mass is 10.1. The summed E-state index contributed by atoms with van der Waals surface area (Å²) in [5, 5.41) is 15.5. The molecule has 0 unspecified atom stereocenters. The van der Waals surface area contributed by atoms with Crippen molar-refractivity contribution in [3.63, 3.8) is 0 Å². The van der Waals surface area contributed by atoms with Crippen LogP contribution in [0.3, 0.4) is 0 Å². The van der Waals surface area contributed by atoms with E-state index in [9.17, 15) is 9.18 Å². The normalized spacial score (nSPS) is 11.2. The molecule has 0 aliphatic heterocycles. The minimum atomic E-state index is -0.468. The van der Waals surface area contributed by atoms with Gasteiger partial charge in [0.25, 0.3) is 5.91 Å². The van der Waals surface area contributed by atoms with Crippen LogP contribution >= 0.6 is 0 Å². The average molecular weight is 479 g/mol. The van der Waals surface area contributed by atoms with E-state index < -0.39 is 6.29 Å². The summed E-state index contributed by atoms with van der Waals surface area (Å²) in [5.74, 6) is -0.705. The molecule has 0 fully saturated rings. The van der Waals surface area contributed by atoms with E-state index in [0.717, 1.165) is 16.8 Å². The van der Waals surface area contributed by atoms with Gasteiger partial charge in [-0.2, -0.15) is 5.10 Å². The summed E-state index contributed by atoms with van der Waals surface area (Å²) in [7, 11) is 0. The molecule has 10 heteroatoms. The molecule has 9 nitrogen and oxygen atoms in total. The highest BCUT2D eigenvalue weighted by molar-refractivity contribution is 5.91. The van der Waals surface area contributed by atoms with Gasteiger partial charge in [-0.1, -0.05) is 23.4 Å². The zero-order chi connectivity index (χ0) is 24.6. The maximum Gasteiger partial charge on any atom is 0.273 e. The van der Waals surface area contributed by atoms with E-state index in [1.165, 1.54) is 16.8 Å². The third-order valence-corrected chi connectivity index (χ3v) is 5.18. The van der Waals surface area contributed by atoms with Crippen LogP contribution in [-0.4, -0.2) is 50.2 Å². The summed E-state index contributed by atoms with van der Waals surface area (Å²) in [4.78, 5) is 12.8. The lowest BCUT2D eigenvalue weighted by Crippen LogP contribution is -2.24. The van der Waals surface area contributed by atoms with Crippen LogP contribution in [0.5, 0.6) is 0 Å². The highest BCUT2D eigenvalue weighted by Gasteiger charge is 2.17. The van der Waals surface area contributed by atoms with Gasteiger partial charge in [-0.05, 0) is 50.2 Å². The Morgan fingerprint density at radius 3 is 2.43 bits per heavy atom. The van der Waals surface area contributed by atoms with E-state index >= 15 is 0 Å². The molecule has 1 amide bonds. The van der Waals surface area contributed by atoms with E-state index in [4.69, 9.17) is 9.47 Å². The second kappa shape index (κ2) is 11.5. The molecule has 4 rings (SSSR count). The standard InChI is InChI=1S/C25H27FN6O3/c1-3-34-23(35-4-2)17-31-16-22(28-30-31)25(33)27-14-19-15-32(21-8-6-5-7-9-21)29-24(19)18-10-12-20(26)13-11-18/h5-13,15-16,23H,3-4,14,17H2,1-2H3,(H,27,33). The van der Waals surface area contributed by atoms with Gasteiger partial charge in [0.15, 0.2) is 12.0 Å². The van der Waals surface area contributed by atoms with Crippen LogP contribution in [0.25, 0.3) is 16.9 Å². The number of nitrogens with one attached hydrogen (secondary N) is 1. The number of halogens is 1. The van der Waals surface area contributed by atoms with Crippen molar-refractivity contribution in [1.29, 1.82) is 0 Å². The van der Waals surface area contributed by atoms with Gasteiger partial charge in [0.05, 0.1) is 24.1 Å². The molecule has 2 aromatic heterocycles. The maximum absolute atomic E-state index is 13.5. The van der Waals surface area contributed by atoms with Crippen molar-refractivity contribution in [2.45, 2.75) is 33.2 Å². The van der Waals surface area contributed by atoms with Gasteiger partial charge in [0.2, 0.25) is 0 Å². The van der Waals surface area contributed by atoms with Crippen LogP contribution < -0.4 is 5.32 Å². The number of ether oxygens (including phenoxy) is 2. The van der Waals surface area contributed by atoms with Gasteiger partial charge in [-0.25, -0.2) is 13.8 Å². The minimum Gasteiger partial charge on any atom is -0.351 e. The van der Waals surface area contributed by atoms with Crippen LogP contribution in [-0.2, 0) is 22.6 Å². The third kappa shape index (κ3) is 6.17. The minimum absolute atomic E-state index is 0.176. The quantitative estimate of drug-likeness (QED) is 0.331. The number of aromatic nitrogens is 5. The summed E-state index contributed by atoms with van der Waals surface area (Å²) in [5.41, 5.74) is 3.21. The second-order valence-corrected chi connectivity index (χ2v) is 7.64. The predicted molar refractivity (Wildman–Crippen MR) is 127 cm³/mol. The predicted octanol–water partition coefficient (Wildman–Crippen LogP) is 3.60. The zero-order valence-corrected chi connectivity index (χ0v) is 19.6. The fourth-order valence-electron chi connectivity index (χ4n) is 3.54. The van der Waals surface area contributed by atoms with Gasteiger partial charge >= 0.3 is 0 Å². The molecule has 2 heterocycles. The molecule has 0 aliphatic rings. The van der Waals surface area contributed by atoms with E-state index in [1.807, 2.05) is 50.4 Å². The first-order chi connectivity index (χ1) is 17.1. The average Bonchev–Trinajstić information content (AvgIpc) is 3.51. The largest absolute Gasteiger partial charge is 0.351 e. The SMILES string of the molecule is CCOC(Cn1cc(C(=O)NCc2cn(-c3ccccc3)nc2-c2ccc(F)cc2)nn1)OCC.